The highest BCUT2D eigenvalue weighted by Crippen LogP contribution is 2.38. The number of thiophene rings is 1. The van der Waals surface area contributed by atoms with Crippen LogP contribution in [0.15, 0.2) is 30.3 Å². The molecule has 132 valence electrons. The number of fused-ring (bicyclic) bond motifs is 1. The molecule has 5 nitrogen and oxygen atoms in total. The maximum absolute atomic E-state index is 12.6. The van der Waals surface area contributed by atoms with Gasteiger partial charge in [0.2, 0.25) is 0 Å². The van der Waals surface area contributed by atoms with Gasteiger partial charge in [0, 0.05) is 10.6 Å². The van der Waals surface area contributed by atoms with Crippen LogP contribution in [0.3, 0.4) is 0 Å². The molecule has 0 unspecified atom stereocenters. The molecule has 1 aliphatic carbocycles. The third-order valence-corrected chi connectivity index (χ3v) is 5.18. The molecule has 1 aromatic heterocycles. The molecular weight excluding hydrogens is 336 g/mol. The Morgan fingerprint density at radius 3 is 2.52 bits per heavy atom. The van der Waals surface area contributed by atoms with Gasteiger partial charge in [-0.1, -0.05) is 18.2 Å². The first-order valence-corrected chi connectivity index (χ1v) is 9.35. The molecular formula is C19H22N2O3S. The van der Waals surface area contributed by atoms with E-state index in [0.29, 0.717) is 16.3 Å². The fourth-order valence-corrected chi connectivity index (χ4v) is 4.20. The molecule has 1 aliphatic rings. The molecule has 2 amide bonds. The van der Waals surface area contributed by atoms with Crippen molar-refractivity contribution in [1.82, 2.24) is 0 Å². The van der Waals surface area contributed by atoms with Crippen molar-refractivity contribution < 1.29 is 14.3 Å². The van der Waals surface area contributed by atoms with Crippen LogP contribution in [0.4, 0.5) is 15.5 Å². The fraction of sp³-hybridized carbons (Fsp3) is 0.368. The average Bonchev–Trinajstić information content (AvgIpc) is 2.92. The molecule has 6 heteroatoms. The second-order valence-electron chi connectivity index (χ2n) is 6.31. The molecule has 2 aromatic rings. The summed E-state index contributed by atoms with van der Waals surface area (Å²) in [5.41, 5.74) is 2.26. The third-order valence-electron chi connectivity index (χ3n) is 3.98. The number of hydrogen-bond donors (Lipinski definition) is 2. The van der Waals surface area contributed by atoms with Gasteiger partial charge in [0.15, 0.2) is 0 Å². The molecule has 0 bridgehead atoms. The Morgan fingerprint density at radius 2 is 1.80 bits per heavy atom. The van der Waals surface area contributed by atoms with Crippen LogP contribution in [-0.4, -0.2) is 18.1 Å². The largest absolute Gasteiger partial charge is 0.459 e. The summed E-state index contributed by atoms with van der Waals surface area (Å²) in [7, 11) is 0. The lowest BCUT2D eigenvalue weighted by atomic mass is 9.95. The number of aryl methyl sites for hydroxylation is 1. The zero-order chi connectivity index (χ0) is 17.8. The van der Waals surface area contributed by atoms with Gasteiger partial charge in [0.25, 0.3) is 0 Å². The number of benzene rings is 1. The van der Waals surface area contributed by atoms with Gasteiger partial charge in [0.1, 0.15) is 5.00 Å². The summed E-state index contributed by atoms with van der Waals surface area (Å²) >= 11 is 1.48. The first-order valence-electron chi connectivity index (χ1n) is 8.53. The second kappa shape index (κ2) is 7.70. The number of urea groups is 1. The Balaban J connectivity index is 1.83. The summed E-state index contributed by atoms with van der Waals surface area (Å²) in [5.74, 6) is -0.357. The third kappa shape index (κ3) is 4.20. The van der Waals surface area contributed by atoms with E-state index < -0.39 is 0 Å². The first kappa shape index (κ1) is 17.5. The van der Waals surface area contributed by atoms with Crippen LogP contribution >= 0.6 is 11.3 Å². The molecule has 0 aliphatic heterocycles. The number of ether oxygens (including phenoxy) is 1. The van der Waals surface area contributed by atoms with Crippen LogP contribution in [0.2, 0.25) is 0 Å². The Kier molecular flexibility index (Phi) is 5.38. The summed E-state index contributed by atoms with van der Waals surface area (Å²) in [4.78, 5) is 26.1. The number of esters is 1. The summed E-state index contributed by atoms with van der Waals surface area (Å²) in [6.07, 6.45) is 3.78. The SMILES string of the molecule is CC(C)OC(=O)c1c(NC(=O)Nc2ccccc2)sc2c1CCCC2. The minimum atomic E-state index is -0.358. The van der Waals surface area contributed by atoms with Crippen molar-refractivity contribution in [3.05, 3.63) is 46.3 Å². The quantitative estimate of drug-likeness (QED) is 0.769. The Labute approximate surface area is 151 Å². The molecule has 2 N–H and O–H groups in total. The lowest BCUT2D eigenvalue weighted by molar-refractivity contribution is 0.0378. The van der Waals surface area contributed by atoms with Crippen molar-refractivity contribution in [1.29, 1.82) is 0 Å². The van der Waals surface area contributed by atoms with E-state index in [4.69, 9.17) is 4.74 Å². The maximum Gasteiger partial charge on any atom is 0.341 e. The van der Waals surface area contributed by atoms with Crippen molar-refractivity contribution in [2.24, 2.45) is 0 Å². The lowest BCUT2D eigenvalue weighted by Gasteiger charge is -2.14. The van der Waals surface area contributed by atoms with Crippen LogP contribution in [0.5, 0.6) is 0 Å². The minimum absolute atomic E-state index is 0.197. The van der Waals surface area contributed by atoms with E-state index in [2.05, 4.69) is 10.6 Å². The highest BCUT2D eigenvalue weighted by molar-refractivity contribution is 7.17. The molecule has 0 atom stereocenters. The van der Waals surface area contributed by atoms with Gasteiger partial charge >= 0.3 is 12.0 Å². The average molecular weight is 358 g/mol. The number of hydrogen-bond acceptors (Lipinski definition) is 4. The van der Waals surface area contributed by atoms with E-state index in [1.807, 2.05) is 44.2 Å². The van der Waals surface area contributed by atoms with Gasteiger partial charge in [-0.15, -0.1) is 11.3 Å². The molecule has 0 saturated carbocycles. The van der Waals surface area contributed by atoms with Crippen LogP contribution < -0.4 is 10.6 Å². The highest BCUT2D eigenvalue weighted by atomic mass is 32.1. The molecule has 1 aromatic carbocycles. The molecule has 25 heavy (non-hydrogen) atoms. The van der Waals surface area contributed by atoms with E-state index in [9.17, 15) is 9.59 Å². The Morgan fingerprint density at radius 1 is 1.08 bits per heavy atom. The number of anilines is 2. The van der Waals surface area contributed by atoms with Gasteiger partial charge in [0.05, 0.1) is 11.7 Å². The van der Waals surface area contributed by atoms with Crippen LogP contribution in [0.1, 0.15) is 47.5 Å². The van der Waals surface area contributed by atoms with E-state index in [-0.39, 0.29) is 18.1 Å². The smallest absolute Gasteiger partial charge is 0.341 e. The summed E-state index contributed by atoms with van der Waals surface area (Å²) in [6.45, 7) is 3.65. The van der Waals surface area contributed by atoms with Crippen LogP contribution in [0.25, 0.3) is 0 Å². The van der Waals surface area contributed by atoms with Crippen molar-refractivity contribution in [2.75, 3.05) is 10.6 Å². The number of amides is 2. The highest BCUT2D eigenvalue weighted by Gasteiger charge is 2.27. The first-order chi connectivity index (χ1) is 12.0. The lowest BCUT2D eigenvalue weighted by Crippen LogP contribution is -2.21. The van der Waals surface area contributed by atoms with Gasteiger partial charge < -0.3 is 10.1 Å². The van der Waals surface area contributed by atoms with Crippen molar-refractivity contribution in [3.63, 3.8) is 0 Å². The van der Waals surface area contributed by atoms with Gasteiger partial charge in [-0.2, -0.15) is 0 Å². The topological polar surface area (TPSA) is 67.4 Å². The number of carbonyl (C=O) groups excluding carboxylic acids is 2. The molecule has 3 rings (SSSR count). The summed E-state index contributed by atoms with van der Waals surface area (Å²) in [6, 6.07) is 8.86. The van der Waals surface area contributed by atoms with E-state index >= 15 is 0 Å². The zero-order valence-electron chi connectivity index (χ0n) is 14.4. The van der Waals surface area contributed by atoms with E-state index in [0.717, 1.165) is 31.2 Å². The standard InChI is InChI=1S/C19H22N2O3S/c1-12(2)24-18(22)16-14-10-6-7-11-15(14)25-17(16)21-19(23)20-13-8-4-3-5-9-13/h3-5,8-9,12H,6-7,10-11H2,1-2H3,(H2,20,21,23). The molecule has 0 saturated heterocycles. The number of rotatable bonds is 4. The number of nitrogens with one attached hydrogen (secondary N) is 2. The van der Waals surface area contributed by atoms with Crippen molar-refractivity contribution >= 4 is 34.0 Å². The Bertz CT molecular complexity index is 768. The molecule has 1 heterocycles. The molecule has 0 fully saturated rings. The van der Waals surface area contributed by atoms with Gasteiger partial charge in [-0.05, 0) is 57.2 Å². The van der Waals surface area contributed by atoms with Crippen LogP contribution in [-0.2, 0) is 17.6 Å². The fourth-order valence-electron chi connectivity index (χ4n) is 2.93. The molecule has 0 spiro atoms. The predicted molar refractivity (Wildman–Crippen MR) is 101 cm³/mol. The normalized spacial score (nSPS) is 13.2. The minimum Gasteiger partial charge on any atom is -0.459 e. The van der Waals surface area contributed by atoms with Crippen LogP contribution in [0, 0.1) is 0 Å². The second-order valence-corrected chi connectivity index (χ2v) is 7.42. The van der Waals surface area contributed by atoms with Crippen molar-refractivity contribution in [3.8, 4) is 0 Å². The number of para-hydroxylation sites is 1. The van der Waals surface area contributed by atoms with E-state index in [1.165, 1.54) is 16.2 Å². The van der Waals surface area contributed by atoms with Gasteiger partial charge in [-0.25, -0.2) is 9.59 Å². The van der Waals surface area contributed by atoms with Crippen molar-refractivity contribution in [2.45, 2.75) is 45.6 Å². The van der Waals surface area contributed by atoms with E-state index in [1.54, 1.807) is 0 Å². The monoisotopic (exact) mass is 358 g/mol. The zero-order valence-corrected chi connectivity index (χ0v) is 15.2. The Hall–Kier alpha value is -2.34. The van der Waals surface area contributed by atoms with Gasteiger partial charge in [-0.3, -0.25) is 5.32 Å². The predicted octanol–water partition coefficient (Wildman–Crippen LogP) is 4.84. The number of carbonyl (C=O) groups is 2. The maximum atomic E-state index is 12.6. The summed E-state index contributed by atoms with van der Waals surface area (Å²) in [5, 5.41) is 6.20. The summed E-state index contributed by atoms with van der Waals surface area (Å²) < 4.78 is 5.40. The molecule has 0 radical (unpaired) electrons.